The van der Waals surface area contributed by atoms with Gasteiger partial charge in [0, 0.05) is 17.4 Å². The van der Waals surface area contributed by atoms with Crippen molar-refractivity contribution in [3.8, 4) is 11.5 Å². The average molecular weight is 472 g/mol. The summed E-state index contributed by atoms with van der Waals surface area (Å²) in [6.45, 7) is 11.7. The van der Waals surface area contributed by atoms with Crippen molar-refractivity contribution < 1.29 is 19.4 Å². The molecular formula is C29H45NO4. The van der Waals surface area contributed by atoms with Crippen LogP contribution in [0.5, 0.6) is 11.5 Å². The maximum absolute atomic E-state index is 12.0. The lowest BCUT2D eigenvalue weighted by Gasteiger charge is -2.47. The standard InChI is InChI=1S/C29H45NO4/c1-8-9-10-11-14-28(2,3)21-16-24(31)27-22-15-20(19-33-26(32)18-30(6)7)12-13-23(22)29(4,5)34-25(27)17-21/h12,16-17,22-23,31H,8-11,13-15,18-19H2,1-7H3/t22-,23-/m0/s1. The first-order chi connectivity index (χ1) is 15.9. The fraction of sp³-hybridized carbons (Fsp3) is 0.690. The van der Waals surface area contributed by atoms with Crippen molar-refractivity contribution in [1.82, 2.24) is 4.90 Å². The van der Waals surface area contributed by atoms with Gasteiger partial charge in [0.25, 0.3) is 0 Å². The van der Waals surface area contributed by atoms with E-state index in [1.54, 1.807) is 0 Å². The van der Waals surface area contributed by atoms with Gasteiger partial charge in [0.1, 0.15) is 23.7 Å². The van der Waals surface area contributed by atoms with Crippen molar-refractivity contribution in [3.63, 3.8) is 0 Å². The Morgan fingerprint density at radius 2 is 1.97 bits per heavy atom. The van der Waals surface area contributed by atoms with Gasteiger partial charge in [0.05, 0.1) is 6.54 Å². The number of aromatic hydroxyl groups is 1. The van der Waals surface area contributed by atoms with Gasteiger partial charge < -0.3 is 14.6 Å². The van der Waals surface area contributed by atoms with Gasteiger partial charge >= 0.3 is 5.97 Å². The number of fused-ring (bicyclic) bond motifs is 3. The summed E-state index contributed by atoms with van der Waals surface area (Å²) in [7, 11) is 3.71. The molecule has 5 nitrogen and oxygen atoms in total. The summed E-state index contributed by atoms with van der Waals surface area (Å²) in [6, 6.07) is 4.13. The van der Waals surface area contributed by atoms with E-state index in [-0.39, 0.29) is 35.4 Å². The van der Waals surface area contributed by atoms with Crippen LogP contribution in [0.15, 0.2) is 23.8 Å². The van der Waals surface area contributed by atoms with Gasteiger partial charge in [-0.2, -0.15) is 0 Å². The van der Waals surface area contributed by atoms with Crippen LogP contribution < -0.4 is 4.74 Å². The van der Waals surface area contributed by atoms with E-state index >= 15 is 0 Å². The number of rotatable bonds is 10. The third kappa shape index (κ3) is 6.16. The molecular weight excluding hydrogens is 426 g/mol. The number of carbonyl (C=O) groups excluding carboxylic acids is 1. The Hall–Kier alpha value is -2.01. The Balaban J connectivity index is 1.82. The van der Waals surface area contributed by atoms with E-state index in [0.717, 1.165) is 41.7 Å². The van der Waals surface area contributed by atoms with Crippen molar-refractivity contribution in [2.75, 3.05) is 27.2 Å². The van der Waals surface area contributed by atoms with Gasteiger partial charge in [-0.05, 0) is 75.9 Å². The minimum atomic E-state index is -0.336. The summed E-state index contributed by atoms with van der Waals surface area (Å²) in [6.07, 6.45) is 9.85. The molecule has 1 heterocycles. The molecule has 0 bridgehead atoms. The Morgan fingerprint density at radius 1 is 1.24 bits per heavy atom. The average Bonchev–Trinajstić information content (AvgIpc) is 2.74. The Bertz CT molecular complexity index is 900. The topological polar surface area (TPSA) is 59.0 Å². The number of allylic oxidation sites excluding steroid dienone is 1. The van der Waals surface area contributed by atoms with Crippen LogP contribution in [0, 0.1) is 5.92 Å². The minimum absolute atomic E-state index is 0.0249. The number of unbranched alkanes of at least 4 members (excludes halogenated alkanes) is 3. The summed E-state index contributed by atoms with van der Waals surface area (Å²) in [5.41, 5.74) is 2.82. The van der Waals surface area contributed by atoms with Crippen molar-refractivity contribution in [1.29, 1.82) is 0 Å². The normalized spacial score (nSPS) is 21.4. The van der Waals surface area contributed by atoms with E-state index in [1.165, 1.54) is 25.7 Å². The summed E-state index contributed by atoms with van der Waals surface area (Å²) in [5, 5.41) is 11.2. The molecule has 3 rings (SSSR count). The lowest BCUT2D eigenvalue weighted by atomic mass is 9.66. The number of hydrogen-bond acceptors (Lipinski definition) is 5. The van der Waals surface area contributed by atoms with Crippen LogP contribution in [-0.2, 0) is 14.9 Å². The van der Waals surface area contributed by atoms with Crippen LogP contribution in [-0.4, -0.2) is 48.8 Å². The Kier molecular flexibility index (Phi) is 8.38. The molecule has 1 N–H and O–H groups in total. The van der Waals surface area contributed by atoms with Crippen LogP contribution in [0.25, 0.3) is 0 Å². The van der Waals surface area contributed by atoms with Gasteiger partial charge in [0.2, 0.25) is 0 Å². The Labute approximate surface area is 206 Å². The molecule has 1 aliphatic heterocycles. The van der Waals surface area contributed by atoms with Gasteiger partial charge in [-0.15, -0.1) is 0 Å². The molecule has 0 fully saturated rings. The van der Waals surface area contributed by atoms with Gasteiger partial charge in [-0.25, -0.2) is 0 Å². The highest BCUT2D eigenvalue weighted by atomic mass is 16.5. The molecule has 0 spiro atoms. The third-order valence-electron chi connectivity index (χ3n) is 7.69. The maximum Gasteiger partial charge on any atom is 0.320 e. The maximum atomic E-state index is 12.0. The van der Waals surface area contributed by atoms with Crippen molar-refractivity contribution >= 4 is 5.97 Å². The molecule has 1 aliphatic carbocycles. The second-order valence-electron chi connectivity index (χ2n) is 11.7. The minimum Gasteiger partial charge on any atom is -0.508 e. The zero-order valence-corrected chi connectivity index (χ0v) is 22.4. The second kappa shape index (κ2) is 10.7. The molecule has 0 aromatic heterocycles. The summed E-state index contributed by atoms with van der Waals surface area (Å²) in [4.78, 5) is 13.8. The van der Waals surface area contributed by atoms with Crippen LogP contribution in [0.3, 0.4) is 0 Å². The molecule has 0 saturated heterocycles. The number of benzene rings is 1. The SMILES string of the molecule is CCCCCCC(C)(C)c1cc(O)c2c(c1)OC(C)(C)[C@H]1CC=C(COC(=O)CN(C)C)C[C@H]21. The third-order valence-corrected chi connectivity index (χ3v) is 7.69. The highest BCUT2D eigenvalue weighted by Gasteiger charge is 2.46. The number of carbonyl (C=O) groups is 1. The first-order valence-corrected chi connectivity index (χ1v) is 13.0. The summed E-state index contributed by atoms with van der Waals surface area (Å²) < 4.78 is 12.1. The van der Waals surface area contributed by atoms with Crippen molar-refractivity contribution in [2.24, 2.45) is 5.92 Å². The zero-order chi connectivity index (χ0) is 25.1. The molecule has 1 aromatic carbocycles. The molecule has 0 saturated carbocycles. The van der Waals surface area contributed by atoms with E-state index in [9.17, 15) is 9.90 Å². The van der Waals surface area contributed by atoms with Crippen molar-refractivity contribution in [3.05, 3.63) is 34.9 Å². The summed E-state index contributed by atoms with van der Waals surface area (Å²) >= 11 is 0. The molecule has 34 heavy (non-hydrogen) atoms. The molecule has 0 amide bonds. The van der Waals surface area contributed by atoms with Crippen LogP contribution in [0.1, 0.15) is 96.6 Å². The molecule has 2 aliphatic rings. The number of esters is 1. The van der Waals surface area contributed by atoms with E-state index in [1.807, 2.05) is 25.1 Å². The molecule has 5 heteroatoms. The zero-order valence-electron chi connectivity index (χ0n) is 22.4. The van der Waals surface area contributed by atoms with E-state index < -0.39 is 0 Å². The van der Waals surface area contributed by atoms with E-state index in [2.05, 4.69) is 46.8 Å². The fourth-order valence-electron chi connectivity index (χ4n) is 5.59. The smallest absolute Gasteiger partial charge is 0.320 e. The van der Waals surface area contributed by atoms with Gasteiger partial charge in [-0.1, -0.05) is 52.5 Å². The Morgan fingerprint density at radius 3 is 2.65 bits per heavy atom. The predicted molar refractivity (Wildman–Crippen MR) is 138 cm³/mol. The second-order valence-corrected chi connectivity index (χ2v) is 11.7. The first-order valence-electron chi connectivity index (χ1n) is 13.0. The monoisotopic (exact) mass is 471 g/mol. The number of hydrogen-bond donors (Lipinski definition) is 1. The van der Waals surface area contributed by atoms with Gasteiger partial charge in [-0.3, -0.25) is 9.69 Å². The molecule has 0 unspecified atom stereocenters. The number of phenols is 1. The molecule has 1 aromatic rings. The van der Waals surface area contributed by atoms with Crippen LogP contribution in [0.2, 0.25) is 0 Å². The molecule has 2 atom stereocenters. The predicted octanol–water partition coefficient (Wildman–Crippen LogP) is 6.34. The largest absolute Gasteiger partial charge is 0.508 e. The van der Waals surface area contributed by atoms with Crippen LogP contribution >= 0.6 is 0 Å². The first kappa shape index (κ1) is 26.6. The molecule has 0 radical (unpaired) electrons. The highest BCUT2D eigenvalue weighted by molar-refractivity contribution is 5.71. The quantitative estimate of drug-likeness (QED) is 0.245. The lowest BCUT2D eigenvalue weighted by molar-refractivity contribution is -0.143. The lowest BCUT2D eigenvalue weighted by Crippen LogP contribution is -2.45. The summed E-state index contributed by atoms with van der Waals surface area (Å²) in [5.74, 6) is 1.35. The number of phenolic OH excluding ortho intramolecular Hbond substituents is 1. The number of likely N-dealkylation sites (N-methyl/N-ethyl adjacent to an activating group) is 1. The number of ether oxygens (including phenoxy) is 2. The van der Waals surface area contributed by atoms with Crippen molar-refractivity contribution in [2.45, 2.75) is 96.5 Å². The van der Waals surface area contributed by atoms with E-state index in [4.69, 9.17) is 9.47 Å². The van der Waals surface area contributed by atoms with Gasteiger partial charge in [0.15, 0.2) is 0 Å². The fourth-order valence-corrected chi connectivity index (χ4v) is 5.59. The number of nitrogens with zero attached hydrogens (tertiary/aromatic N) is 1. The highest BCUT2D eigenvalue weighted by Crippen LogP contribution is 2.55. The van der Waals surface area contributed by atoms with Crippen LogP contribution in [0.4, 0.5) is 0 Å². The molecule has 190 valence electrons. The van der Waals surface area contributed by atoms with E-state index in [0.29, 0.717) is 12.4 Å².